The summed E-state index contributed by atoms with van der Waals surface area (Å²) < 4.78 is 0. The highest BCUT2D eigenvalue weighted by Crippen LogP contribution is 2.37. The van der Waals surface area contributed by atoms with E-state index in [9.17, 15) is 0 Å². The fourth-order valence-corrected chi connectivity index (χ4v) is 3.07. The van der Waals surface area contributed by atoms with Crippen molar-refractivity contribution in [2.75, 3.05) is 11.8 Å². The minimum absolute atomic E-state index is 0.0955. The van der Waals surface area contributed by atoms with Gasteiger partial charge >= 0.3 is 0 Å². The summed E-state index contributed by atoms with van der Waals surface area (Å²) in [6.45, 7) is 8.93. The standard InChI is InChI=1S/C16H24Cl2/c1-13-7-5-6-8-14(13)16(11-17,12-18)10-9-15(2,3)4/h5-8H,9-12H2,1-4H3. The number of aryl methyl sites for hydroxylation is 1. The van der Waals surface area contributed by atoms with Crippen LogP contribution in [0.5, 0.6) is 0 Å². The van der Waals surface area contributed by atoms with Gasteiger partial charge in [0.05, 0.1) is 0 Å². The van der Waals surface area contributed by atoms with Gasteiger partial charge in [-0.15, -0.1) is 23.2 Å². The van der Waals surface area contributed by atoms with Gasteiger partial charge in [-0.05, 0) is 36.3 Å². The van der Waals surface area contributed by atoms with E-state index in [1.807, 2.05) is 0 Å². The topological polar surface area (TPSA) is 0 Å². The van der Waals surface area contributed by atoms with Gasteiger partial charge in [0.15, 0.2) is 0 Å². The van der Waals surface area contributed by atoms with Gasteiger partial charge in [0, 0.05) is 17.2 Å². The molecule has 1 aromatic rings. The quantitative estimate of drug-likeness (QED) is 0.624. The third-order valence-corrected chi connectivity index (χ3v) is 4.60. The maximum absolute atomic E-state index is 6.28. The average Bonchev–Trinajstić information content (AvgIpc) is 2.31. The minimum atomic E-state index is -0.0955. The Labute approximate surface area is 122 Å². The summed E-state index contributed by atoms with van der Waals surface area (Å²) >= 11 is 12.6. The van der Waals surface area contributed by atoms with Crippen LogP contribution in [0.4, 0.5) is 0 Å². The minimum Gasteiger partial charge on any atom is -0.126 e. The van der Waals surface area contributed by atoms with E-state index in [-0.39, 0.29) is 5.41 Å². The number of halogens is 2. The second-order valence-electron chi connectivity index (χ2n) is 6.42. The summed E-state index contributed by atoms with van der Waals surface area (Å²) in [6, 6.07) is 8.45. The van der Waals surface area contributed by atoms with E-state index in [1.165, 1.54) is 11.1 Å². The zero-order valence-electron chi connectivity index (χ0n) is 11.9. The van der Waals surface area contributed by atoms with Gasteiger partial charge in [-0.1, -0.05) is 45.0 Å². The van der Waals surface area contributed by atoms with Crippen molar-refractivity contribution in [2.45, 2.75) is 46.0 Å². The van der Waals surface area contributed by atoms with Crippen molar-refractivity contribution in [3.05, 3.63) is 35.4 Å². The molecule has 102 valence electrons. The van der Waals surface area contributed by atoms with Crippen LogP contribution in [-0.2, 0) is 5.41 Å². The van der Waals surface area contributed by atoms with E-state index in [0.29, 0.717) is 17.2 Å². The number of hydrogen-bond donors (Lipinski definition) is 0. The molecule has 2 heteroatoms. The highest BCUT2D eigenvalue weighted by atomic mass is 35.5. The number of benzene rings is 1. The highest BCUT2D eigenvalue weighted by molar-refractivity contribution is 6.22. The Bertz CT molecular complexity index is 373. The van der Waals surface area contributed by atoms with Crippen molar-refractivity contribution in [1.29, 1.82) is 0 Å². The Hall–Kier alpha value is -0.200. The van der Waals surface area contributed by atoms with Gasteiger partial charge in [-0.2, -0.15) is 0 Å². The summed E-state index contributed by atoms with van der Waals surface area (Å²) in [6.07, 6.45) is 2.16. The van der Waals surface area contributed by atoms with Crippen molar-refractivity contribution in [3.63, 3.8) is 0 Å². The molecule has 0 aliphatic rings. The first-order valence-electron chi connectivity index (χ1n) is 6.53. The Kier molecular flexibility index (Phi) is 5.55. The lowest BCUT2D eigenvalue weighted by atomic mass is 9.74. The van der Waals surface area contributed by atoms with Crippen LogP contribution in [0, 0.1) is 12.3 Å². The van der Waals surface area contributed by atoms with Gasteiger partial charge in [0.1, 0.15) is 0 Å². The SMILES string of the molecule is Cc1ccccc1C(CCl)(CCl)CCC(C)(C)C. The van der Waals surface area contributed by atoms with E-state index in [2.05, 4.69) is 52.0 Å². The maximum atomic E-state index is 6.28. The Morgan fingerprint density at radius 3 is 1.94 bits per heavy atom. The van der Waals surface area contributed by atoms with E-state index >= 15 is 0 Å². The Morgan fingerprint density at radius 2 is 1.50 bits per heavy atom. The lowest BCUT2D eigenvalue weighted by Gasteiger charge is -2.34. The first kappa shape index (κ1) is 15.9. The van der Waals surface area contributed by atoms with E-state index in [4.69, 9.17) is 23.2 Å². The summed E-state index contributed by atoms with van der Waals surface area (Å²) in [4.78, 5) is 0. The molecular formula is C16H24Cl2. The second kappa shape index (κ2) is 6.30. The fraction of sp³-hybridized carbons (Fsp3) is 0.625. The van der Waals surface area contributed by atoms with Crippen molar-refractivity contribution >= 4 is 23.2 Å². The van der Waals surface area contributed by atoms with Crippen LogP contribution < -0.4 is 0 Å². The van der Waals surface area contributed by atoms with Crippen molar-refractivity contribution in [1.82, 2.24) is 0 Å². The molecule has 0 atom stereocenters. The molecular weight excluding hydrogens is 263 g/mol. The molecule has 0 bridgehead atoms. The molecule has 0 aliphatic carbocycles. The van der Waals surface area contributed by atoms with Crippen LogP contribution in [0.1, 0.15) is 44.7 Å². The predicted octanol–water partition coefficient (Wildman–Crippen LogP) is 5.54. The molecule has 0 radical (unpaired) electrons. The molecule has 0 spiro atoms. The van der Waals surface area contributed by atoms with Crippen LogP contribution in [0.15, 0.2) is 24.3 Å². The fourth-order valence-electron chi connectivity index (χ4n) is 2.23. The lowest BCUT2D eigenvalue weighted by molar-refractivity contribution is 0.318. The molecule has 0 heterocycles. The Balaban J connectivity index is 3.04. The molecule has 0 saturated carbocycles. The van der Waals surface area contributed by atoms with E-state index in [0.717, 1.165) is 12.8 Å². The van der Waals surface area contributed by atoms with Gasteiger partial charge < -0.3 is 0 Å². The monoisotopic (exact) mass is 286 g/mol. The van der Waals surface area contributed by atoms with Crippen LogP contribution in [0.25, 0.3) is 0 Å². The van der Waals surface area contributed by atoms with Gasteiger partial charge in [-0.25, -0.2) is 0 Å². The second-order valence-corrected chi connectivity index (χ2v) is 6.96. The molecule has 0 N–H and O–H groups in total. The molecule has 18 heavy (non-hydrogen) atoms. The van der Waals surface area contributed by atoms with Crippen LogP contribution in [0.2, 0.25) is 0 Å². The molecule has 0 nitrogen and oxygen atoms in total. The summed E-state index contributed by atoms with van der Waals surface area (Å²) in [5.41, 5.74) is 2.81. The van der Waals surface area contributed by atoms with Crippen molar-refractivity contribution < 1.29 is 0 Å². The van der Waals surface area contributed by atoms with E-state index < -0.39 is 0 Å². The molecule has 0 aliphatic heterocycles. The normalized spacial score (nSPS) is 12.8. The zero-order chi connectivity index (χ0) is 13.8. The van der Waals surface area contributed by atoms with Crippen molar-refractivity contribution in [2.24, 2.45) is 5.41 Å². The zero-order valence-corrected chi connectivity index (χ0v) is 13.4. The van der Waals surface area contributed by atoms with Crippen molar-refractivity contribution in [3.8, 4) is 0 Å². The smallest absolute Gasteiger partial charge is 0.0332 e. The third kappa shape index (κ3) is 3.90. The molecule has 0 aromatic heterocycles. The molecule has 0 unspecified atom stereocenters. The first-order chi connectivity index (χ1) is 8.34. The number of alkyl halides is 2. The lowest BCUT2D eigenvalue weighted by Crippen LogP contribution is -2.33. The summed E-state index contributed by atoms with van der Waals surface area (Å²) in [5, 5.41) is 0. The maximum Gasteiger partial charge on any atom is 0.0332 e. The van der Waals surface area contributed by atoms with Crippen LogP contribution in [0.3, 0.4) is 0 Å². The molecule has 0 amide bonds. The highest BCUT2D eigenvalue weighted by Gasteiger charge is 2.33. The largest absolute Gasteiger partial charge is 0.126 e. The van der Waals surface area contributed by atoms with Gasteiger partial charge in [-0.3, -0.25) is 0 Å². The Morgan fingerprint density at radius 1 is 0.944 bits per heavy atom. The third-order valence-electron chi connectivity index (χ3n) is 3.58. The predicted molar refractivity (Wildman–Crippen MR) is 83.0 cm³/mol. The molecule has 0 saturated heterocycles. The molecule has 1 aromatic carbocycles. The van der Waals surface area contributed by atoms with E-state index in [1.54, 1.807) is 0 Å². The number of rotatable bonds is 5. The van der Waals surface area contributed by atoms with Gasteiger partial charge in [0.25, 0.3) is 0 Å². The first-order valence-corrected chi connectivity index (χ1v) is 7.60. The van der Waals surface area contributed by atoms with Crippen LogP contribution in [-0.4, -0.2) is 11.8 Å². The molecule has 0 fully saturated rings. The average molecular weight is 287 g/mol. The number of hydrogen-bond acceptors (Lipinski definition) is 0. The summed E-state index contributed by atoms with van der Waals surface area (Å²) in [5.74, 6) is 1.16. The van der Waals surface area contributed by atoms with Gasteiger partial charge in [0.2, 0.25) is 0 Å². The summed E-state index contributed by atoms with van der Waals surface area (Å²) in [7, 11) is 0. The van der Waals surface area contributed by atoms with Crippen LogP contribution >= 0.6 is 23.2 Å². The molecule has 1 rings (SSSR count).